The maximum absolute atomic E-state index is 5.85. The molecule has 0 bridgehead atoms. The van der Waals surface area contributed by atoms with E-state index in [9.17, 15) is 0 Å². The fourth-order valence-electron chi connectivity index (χ4n) is 2.66. The van der Waals surface area contributed by atoms with Gasteiger partial charge in [0.1, 0.15) is 0 Å². The van der Waals surface area contributed by atoms with Gasteiger partial charge in [-0.15, -0.1) is 0 Å². The molecule has 2 N–H and O–H groups in total. The summed E-state index contributed by atoms with van der Waals surface area (Å²) in [5.41, 5.74) is 8.39. The van der Waals surface area contributed by atoms with Crippen molar-refractivity contribution in [2.24, 2.45) is 5.73 Å². The minimum Gasteiger partial charge on any atom is -0.380 e. The van der Waals surface area contributed by atoms with Gasteiger partial charge in [-0.2, -0.15) is 0 Å². The van der Waals surface area contributed by atoms with Gasteiger partial charge in [0.25, 0.3) is 0 Å². The van der Waals surface area contributed by atoms with E-state index >= 15 is 0 Å². The molecule has 0 aromatic heterocycles. The Balaban J connectivity index is 2.11. The van der Waals surface area contributed by atoms with Crippen molar-refractivity contribution < 1.29 is 4.74 Å². The van der Waals surface area contributed by atoms with Gasteiger partial charge in [0.2, 0.25) is 0 Å². The van der Waals surface area contributed by atoms with E-state index in [-0.39, 0.29) is 6.04 Å². The third kappa shape index (κ3) is 3.94. The molecule has 0 spiro atoms. The summed E-state index contributed by atoms with van der Waals surface area (Å²) in [5, 5.41) is 0. The first-order valence-corrected chi connectivity index (χ1v) is 7.71. The highest BCUT2D eigenvalue weighted by Gasteiger charge is 2.21. The predicted octanol–water partition coefficient (Wildman–Crippen LogP) is 2.95. The van der Waals surface area contributed by atoms with Crippen LogP contribution < -0.4 is 10.6 Å². The topological polar surface area (TPSA) is 38.5 Å². The maximum Gasteiger partial charge on any atom is 0.0746 e. The van der Waals surface area contributed by atoms with Crippen molar-refractivity contribution in [2.75, 3.05) is 25.1 Å². The summed E-state index contributed by atoms with van der Waals surface area (Å²) >= 11 is 3.69. The van der Waals surface area contributed by atoms with Crippen LogP contribution in [0.1, 0.15) is 25.3 Å². The van der Waals surface area contributed by atoms with Crippen molar-refractivity contribution >= 4 is 21.6 Å². The van der Waals surface area contributed by atoms with E-state index in [1.807, 2.05) is 6.92 Å². The SMILES string of the molecule is COC1CCCN(c2ccc(CC(C)N)cc2Br)C1. The van der Waals surface area contributed by atoms with Gasteiger partial charge in [0, 0.05) is 30.7 Å². The van der Waals surface area contributed by atoms with Gasteiger partial charge < -0.3 is 15.4 Å². The molecule has 0 amide bonds. The fraction of sp³-hybridized carbons (Fsp3) is 0.600. The Hall–Kier alpha value is -0.580. The molecule has 19 heavy (non-hydrogen) atoms. The molecule has 2 unspecified atom stereocenters. The van der Waals surface area contributed by atoms with Crippen molar-refractivity contribution in [3.63, 3.8) is 0 Å². The van der Waals surface area contributed by atoms with Gasteiger partial charge in [-0.25, -0.2) is 0 Å². The standard InChI is InChI=1S/C15H23BrN2O/c1-11(17)8-12-5-6-15(14(16)9-12)18-7-3-4-13(10-18)19-2/h5-6,9,11,13H,3-4,7-8,10,17H2,1-2H3. The van der Waals surface area contributed by atoms with Crippen LogP contribution in [0, 0.1) is 0 Å². The van der Waals surface area contributed by atoms with Crippen molar-refractivity contribution in [3.8, 4) is 0 Å². The molecule has 2 atom stereocenters. The zero-order valence-electron chi connectivity index (χ0n) is 11.7. The van der Waals surface area contributed by atoms with Gasteiger partial charge >= 0.3 is 0 Å². The van der Waals surface area contributed by atoms with Crippen LogP contribution >= 0.6 is 15.9 Å². The molecule has 0 radical (unpaired) electrons. The molecule has 3 nitrogen and oxygen atoms in total. The molecular formula is C15H23BrN2O. The lowest BCUT2D eigenvalue weighted by atomic mass is 10.0. The minimum atomic E-state index is 0.200. The third-order valence-corrected chi connectivity index (χ3v) is 4.26. The lowest BCUT2D eigenvalue weighted by Gasteiger charge is -2.34. The van der Waals surface area contributed by atoms with Gasteiger partial charge in [0.15, 0.2) is 0 Å². The number of halogens is 1. The first kappa shape index (κ1) is 14.8. The largest absolute Gasteiger partial charge is 0.380 e. The van der Waals surface area contributed by atoms with Crippen molar-refractivity contribution in [1.82, 2.24) is 0 Å². The predicted molar refractivity (Wildman–Crippen MR) is 83.7 cm³/mol. The molecule has 1 heterocycles. The van der Waals surface area contributed by atoms with E-state index in [1.165, 1.54) is 17.7 Å². The van der Waals surface area contributed by atoms with E-state index < -0.39 is 0 Å². The molecule has 1 aliphatic heterocycles. The number of anilines is 1. The molecule has 1 fully saturated rings. The quantitative estimate of drug-likeness (QED) is 0.924. The van der Waals surface area contributed by atoms with Crippen LogP contribution in [0.25, 0.3) is 0 Å². The molecule has 2 rings (SSSR count). The highest BCUT2D eigenvalue weighted by molar-refractivity contribution is 9.10. The number of nitrogens with two attached hydrogens (primary N) is 1. The molecular weight excluding hydrogens is 304 g/mol. The first-order valence-electron chi connectivity index (χ1n) is 6.92. The number of methoxy groups -OCH3 is 1. The maximum atomic E-state index is 5.85. The lowest BCUT2D eigenvalue weighted by molar-refractivity contribution is 0.0893. The normalized spacial score (nSPS) is 21.5. The third-order valence-electron chi connectivity index (χ3n) is 3.62. The van der Waals surface area contributed by atoms with E-state index in [2.05, 4.69) is 39.0 Å². The summed E-state index contributed by atoms with van der Waals surface area (Å²) < 4.78 is 6.64. The minimum absolute atomic E-state index is 0.200. The molecule has 4 heteroatoms. The van der Waals surface area contributed by atoms with Crippen LogP contribution in [0.5, 0.6) is 0 Å². The Bertz CT molecular complexity index is 423. The molecule has 0 saturated carbocycles. The summed E-state index contributed by atoms with van der Waals surface area (Å²) in [6, 6.07) is 6.76. The average Bonchev–Trinajstić information content (AvgIpc) is 2.38. The number of benzene rings is 1. The van der Waals surface area contributed by atoms with Crippen LogP contribution in [0.2, 0.25) is 0 Å². The Morgan fingerprint density at radius 1 is 1.53 bits per heavy atom. The molecule has 106 valence electrons. The first-order chi connectivity index (χ1) is 9.10. The van der Waals surface area contributed by atoms with Crippen LogP contribution in [0.15, 0.2) is 22.7 Å². The van der Waals surface area contributed by atoms with E-state index in [0.717, 1.165) is 30.4 Å². The van der Waals surface area contributed by atoms with Crippen molar-refractivity contribution in [3.05, 3.63) is 28.2 Å². The van der Waals surface area contributed by atoms with Gasteiger partial charge in [-0.3, -0.25) is 0 Å². The highest BCUT2D eigenvalue weighted by Crippen LogP contribution is 2.30. The summed E-state index contributed by atoms with van der Waals surface area (Å²) in [5.74, 6) is 0. The van der Waals surface area contributed by atoms with Crippen LogP contribution in [-0.2, 0) is 11.2 Å². The zero-order valence-corrected chi connectivity index (χ0v) is 13.3. The number of rotatable bonds is 4. The second kappa shape index (κ2) is 6.73. The van der Waals surface area contributed by atoms with Crippen LogP contribution in [0.4, 0.5) is 5.69 Å². The smallest absolute Gasteiger partial charge is 0.0746 e. The number of nitrogens with zero attached hydrogens (tertiary/aromatic N) is 1. The second-order valence-corrected chi connectivity index (χ2v) is 6.27. The number of piperidine rings is 1. The highest BCUT2D eigenvalue weighted by atomic mass is 79.9. The van der Waals surface area contributed by atoms with E-state index in [1.54, 1.807) is 7.11 Å². The van der Waals surface area contributed by atoms with Crippen molar-refractivity contribution in [2.45, 2.75) is 38.3 Å². The monoisotopic (exact) mass is 326 g/mol. The lowest BCUT2D eigenvalue weighted by Crippen LogP contribution is -2.39. The molecule has 1 aromatic rings. The zero-order chi connectivity index (χ0) is 13.8. The number of hydrogen-bond donors (Lipinski definition) is 1. The molecule has 1 aromatic carbocycles. The summed E-state index contributed by atoms with van der Waals surface area (Å²) in [4.78, 5) is 2.40. The Morgan fingerprint density at radius 3 is 2.95 bits per heavy atom. The Morgan fingerprint density at radius 2 is 2.32 bits per heavy atom. The van der Waals surface area contributed by atoms with E-state index in [4.69, 9.17) is 10.5 Å². The summed E-state index contributed by atoms with van der Waals surface area (Å²) in [6.07, 6.45) is 3.61. The van der Waals surface area contributed by atoms with Gasteiger partial charge in [0.05, 0.1) is 11.8 Å². The Kier molecular flexibility index (Phi) is 5.25. The Labute approximate surface area is 124 Å². The summed E-state index contributed by atoms with van der Waals surface area (Å²) in [6.45, 7) is 4.11. The number of hydrogen-bond acceptors (Lipinski definition) is 3. The molecule has 1 saturated heterocycles. The molecule has 1 aliphatic rings. The average molecular weight is 327 g/mol. The van der Waals surface area contributed by atoms with Gasteiger partial charge in [-0.1, -0.05) is 6.07 Å². The summed E-state index contributed by atoms with van der Waals surface area (Å²) in [7, 11) is 1.80. The fourth-order valence-corrected chi connectivity index (χ4v) is 3.33. The van der Waals surface area contributed by atoms with Gasteiger partial charge in [-0.05, 0) is 59.8 Å². The van der Waals surface area contributed by atoms with Crippen molar-refractivity contribution in [1.29, 1.82) is 0 Å². The van der Waals surface area contributed by atoms with Crippen LogP contribution in [-0.4, -0.2) is 32.3 Å². The number of ether oxygens (including phenoxy) is 1. The molecule has 0 aliphatic carbocycles. The second-order valence-electron chi connectivity index (χ2n) is 5.41. The van der Waals surface area contributed by atoms with E-state index in [0.29, 0.717) is 6.10 Å². The van der Waals surface area contributed by atoms with Crippen LogP contribution in [0.3, 0.4) is 0 Å².